The van der Waals surface area contributed by atoms with Crippen LogP contribution in [0.15, 0.2) is 10.6 Å². The lowest BCUT2D eigenvalue weighted by molar-refractivity contribution is 0.201. The molecule has 0 saturated carbocycles. The van der Waals surface area contributed by atoms with Gasteiger partial charge in [-0.05, 0) is 33.2 Å². The van der Waals surface area contributed by atoms with E-state index in [1.165, 1.54) is 12.8 Å². The minimum absolute atomic E-state index is 0.500. The van der Waals surface area contributed by atoms with E-state index in [0.29, 0.717) is 6.04 Å². The van der Waals surface area contributed by atoms with Crippen LogP contribution in [-0.2, 0) is 13.1 Å². The molecule has 1 aliphatic rings. The zero-order chi connectivity index (χ0) is 14.1. The summed E-state index contributed by atoms with van der Waals surface area (Å²) >= 11 is 0. The fourth-order valence-electron chi connectivity index (χ4n) is 2.92. The van der Waals surface area contributed by atoms with Gasteiger partial charge in [0.25, 0.3) is 0 Å². The predicted octanol–water partition coefficient (Wildman–Crippen LogP) is 1.86. The molecule has 0 aliphatic carbocycles. The van der Waals surface area contributed by atoms with Crippen LogP contribution in [0.1, 0.15) is 36.1 Å². The number of nitrogens with zero attached hydrogens (tertiary/aromatic N) is 5. The third kappa shape index (κ3) is 2.75. The normalized spacial score (nSPS) is 19.9. The second kappa shape index (κ2) is 5.36. The summed E-state index contributed by atoms with van der Waals surface area (Å²) in [6.45, 7) is 8.67. The van der Waals surface area contributed by atoms with Crippen LogP contribution in [0.5, 0.6) is 0 Å². The Kier molecular flexibility index (Phi) is 3.56. The highest BCUT2D eigenvalue weighted by atomic mass is 16.4. The molecule has 0 N–H and O–H groups in total. The average Bonchev–Trinajstić information content (AvgIpc) is 3.05. The topological polar surface area (TPSA) is 60.0 Å². The molecule has 0 spiro atoms. The van der Waals surface area contributed by atoms with Gasteiger partial charge in [-0.3, -0.25) is 4.90 Å². The predicted molar refractivity (Wildman–Crippen MR) is 74.2 cm³/mol. The van der Waals surface area contributed by atoms with E-state index in [2.05, 4.69) is 20.0 Å². The summed E-state index contributed by atoms with van der Waals surface area (Å²) in [5.74, 6) is 3.52. The van der Waals surface area contributed by atoms with Crippen LogP contribution in [0.2, 0.25) is 0 Å². The zero-order valence-corrected chi connectivity index (χ0v) is 12.3. The van der Waals surface area contributed by atoms with Crippen molar-refractivity contribution in [3.63, 3.8) is 0 Å². The van der Waals surface area contributed by atoms with Gasteiger partial charge < -0.3 is 4.42 Å². The van der Waals surface area contributed by atoms with Gasteiger partial charge in [-0.2, -0.15) is 5.10 Å². The standard InChI is InChI=1S/C14H21N5O/c1-10-16-11(2)19(17-10)8-13-5-4-6-18(13)9-14-7-15-12(3)20-14/h7,13H,4-6,8-9H2,1-3H3/t13-/m0/s1. The first-order valence-corrected chi connectivity index (χ1v) is 7.15. The first kappa shape index (κ1) is 13.3. The minimum atomic E-state index is 0.500. The van der Waals surface area contributed by atoms with Crippen molar-refractivity contribution in [1.82, 2.24) is 24.6 Å². The second-order valence-electron chi connectivity index (χ2n) is 5.50. The summed E-state index contributed by atoms with van der Waals surface area (Å²) in [5.41, 5.74) is 0. The maximum Gasteiger partial charge on any atom is 0.191 e. The molecule has 2 aromatic heterocycles. The van der Waals surface area contributed by atoms with Crippen LogP contribution in [0.4, 0.5) is 0 Å². The zero-order valence-electron chi connectivity index (χ0n) is 12.3. The molecule has 1 fully saturated rings. The van der Waals surface area contributed by atoms with Gasteiger partial charge in [0.15, 0.2) is 5.89 Å². The monoisotopic (exact) mass is 275 g/mol. The summed E-state index contributed by atoms with van der Waals surface area (Å²) in [4.78, 5) is 11.0. The van der Waals surface area contributed by atoms with Crippen LogP contribution < -0.4 is 0 Å². The summed E-state index contributed by atoms with van der Waals surface area (Å²) in [6, 6.07) is 0.500. The highest BCUT2D eigenvalue weighted by Gasteiger charge is 2.26. The number of aryl methyl sites for hydroxylation is 3. The minimum Gasteiger partial charge on any atom is -0.445 e. The number of likely N-dealkylation sites (tertiary alicyclic amines) is 1. The highest BCUT2D eigenvalue weighted by Crippen LogP contribution is 2.22. The molecule has 0 aromatic carbocycles. The Labute approximate surface area is 118 Å². The van der Waals surface area contributed by atoms with Gasteiger partial charge in [-0.15, -0.1) is 0 Å². The third-order valence-electron chi connectivity index (χ3n) is 3.87. The van der Waals surface area contributed by atoms with E-state index >= 15 is 0 Å². The molecule has 3 rings (SSSR count). The Balaban J connectivity index is 1.67. The molecule has 1 atom stereocenters. The number of hydrogen-bond acceptors (Lipinski definition) is 5. The van der Waals surface area contributed by atoms with E-state index in [0.717, 1.165) is 42.9 Å². The number of hydrogen-bond donors (Lipinski definition) is 0. The van der Waals surface area contributed by atoms with Crippen molar-refractivity contribution in [1.29, 1.82) is 0 Å². The quantitative estimate of drug-likeness (QED) is 0.852. The fraction of sp³-hybridized carbons (Fsp3) is 0.643. The first-order chi connectivity index (χ1) is 9.61. The molecule has 0 unspecified atom stereocenters. The molecule has 0 amide bonds. The molecule has 2 aromatic rings. The summed E-state index contributed by atoms with van der Waals surface area (Å²) in [6.07, 6.45) is 4.26. The maximum absolute atomic E-state index is 5.58. The van der Waals surface area contributed by atoms with Gasteiger partial charge in [0.05, 0.1) is 19.3 Å². The molecular formula is C14H21N5O. The third-order valence-corrected chi connectivity index (χ3v) is 3.87. The van der Waals surface area contributed by atoms with Crippen LogP contribution in [0.3, 0.4) is 0 Å². The maximum atomic E-state index is 5.58. The van der Waals surface area contributed by atoms with Crippen LogP contribution in [0, 0.1) is 20.8 Å². The van der Waals surface area contributed by atoms with Crippen molar-refractivity contribution in [2.24, 2.45) is 0 Å². The molecule has 0 radical (unpaired) electrons. The van der Waals surface area contributed by atoms with Crippen molar-refractivity contribution >= 4 is 0 Å². The van der Waals surface area contributed by atoms with Crippen LogP contribution in [-0.4, -0.2) is 37.2 Å². The van der Waals surface area contributed by atoms with Crippen LogP contribution >= 0.6 is 0 Å². The largest absolute Gasteiger partial charge is 0.445 e. The second-order valence-corrected chi connectivity index (χ2v) is 5.50. The van der Waals surface area contributed by atoms with E-state index in [9.17, 15) is 0 Å². The van der Waals surface area contributed by atoms with Crippen LogP contribution in [0.25, 0.3) is 0 Å². The molecule has 6 nitrogen and oxygen atoms in total. The Morgan fingerprint density at radius 3 is 2.85 bits per heavy atom. The van der Waals surface area contributed by atoms with E-state index in [-0.39, 0.29) is 0 Å². The Morgan fingerprint density at radius 1 is 1.35 bits per heavy atom. The van der Waals surface area contributed by atoms with Gasteiger partial charge in [-0.1, -0.05) is 0 Å². The van der Waals surface area contributed by atoms with Crippen molar-refractivity contribution in [2.75, 3.05) is 6.54 Å². The van der Waals surface area contributed by atoms with Gasteiger partial charge in [0, 0.05) is 13.0 Å². The summed E-state index contributed by atoms with van der Waals surface area (Å²) in [7, 11) is 0. The van der Waals surface area contributed by atoms with E-state index in [4.69, 9.17) is 4.42 Å². The van der Waals surface area contributed by atoms with Crippen molar-refractivity contribution in [2.45, 2.75) is 52.7 Å². The molecule has 6 heteroatoms. The van der Waals surface area contributed by atoms with Gasteiger partial charge in [-0.25, -0.2) is 14.6 Å². The lowest BCUT2D eigenvalue weighted by Crippen LogP contribution is -2.33. The smallest absolute Gasteiger partial charge is 0.191 e. The number of oxazole rings is 1. The van der Waals surface area contributed by atoms with Crippen molar-refractivity contribution in [3.05, 3.63) is 29.5 Å². The van der Waals surface area contributed by atoms with Gasteiger partial charge in [0.1, 0.15) is 17.4 Å². The fourth-order valence-corrected chi connectivity index (χ4v) is 2.92. The average molecular weight is 275 g/mol. The Bertz CT molecular complexity index is 588. The number of rotatable bonds is 4. The van der Waals surface area contributed by atoms with Gasteiger partial charge in [0.2, 0.25) is 0 Å². The van der Waals surface area contributed by atoms with E-state index in [1.807, 2.05) is 31.6 Å². The lowest BCUT2D eigenvalue weighted by Gasteiger charge is -2.23. The first-order valence-electron chi connectivity index (χ1n) is 7.15. The lowest BCUT2D eigenvalue weighted by atomic mass is 10.2. The molecule has 108 valence electrons. The Morgan fingerprint density at radius 2 is 2.20 bits per heavy atom. The Hall–Kier alpha value is -1.69. The molecule has 0 bridgehead atoms. The molecule has 3 heterocycles. The molecule has 1 saturated heterocycles. The molecule has 1 aliphatic heterocycles. The van der Waals surface area contributed by atoms with Crippen molar-refractivity contribution in [3.8, 4) is 0 Å². The van der Waals surface area contributed by atoms with Gasteiger partial charge >= 0.3 is 0 Å². The van der Waals surface area contributed by atoms with E-state index in [1.54, 1.807) is 0 Å². The summed E-state index contributed by atoms with van der Waals surface area (Å²) in [5, 5.41) is 4.46. The van der Waals surface area contributed by atoms with E-state index < -0.39 is 0 Å². The number of aromatic nitrogens is 4. The molecular weight excluding hydrogens is 254 g/mol. The molecule has 20 heavy (non-hydrogen) atoms. The van der Waals surface area contributed by atoms with Crippen molar-refractivity contribution < 1.29 is 4.42 Å². The highest BCUT2D eigenvalue weighted by molar-refractivity contribution is 4.95. The SMILES string of the molecule is Cc1nc(C)n(C[C@@H]2CCCN2Cc2cnc(C)o2)n1. The summed E-state index contributed by atoms with van der Waals surface area (Å²) < 4.78 is 7.60.